The monoisotopic (exact) mass is 369 g/mol. The number of hydrogen-bond donors (Lipinski definition) is 3. The van der Waals surface area contributed by atoms with Gasteiger partial charge >= 0.3 is 5.63 Å². The summed E-state index contributed by atoms with van der Waals surface area (Å²) in [4.78, 5) is 24.6. The lowest BCUT2D eigenvalue weighted by Gasteiger charge is -2.10. The van der Waals surface area contributed by atoms with Gasteiger partial charge in [-0.1, -0.05) is 19.4 Å². The number of anilines is 1. The van der Waals surface area contributed by atoms with Gasteiger partial charge < -0.3 is 24.7 Å². The van der Waals surface area contributed by atoms with Crippen molar-refractivity contribution in [2.75, 3.05) is 11.9 Å². The van der Waals surface area contributed by atoms with E-state index in [1.54, 1.807) is 24.3 Å². The number of phenolic OH excluding ortho intramolecular Hbond substituents is 1. The molecule has 7 nitrogen and oxygen atoms in total. The fourth-order valence-corrected chi connectivity index (χ4v) is 2.53. The van der Waals surface area contributed by atoms with Crippen LogP contribution in [0.1, 0.15) is 30.1 Å². The molecular formula is C20H19NO6. The summed E-state index contributed by atoms with van der Waals surface area (Å²) in [6, 6.07) is 10.5. The first-order chi connectivity index (χ1) is 13.0. The first-order valence-electron chi connectivity index (χ1n) is 8.52. The second-order valence-electron chi connectivity index (χ2n) is 5.98. The fraction of sp³-hybridized carbons (Fsp3) is 0.200. The maximum Gasteiger partial charge on any atom is 0.364 e. The van der Waals surface area contributed by atoms with E-state index >= 15 is 0 Å². The Morgan fingerprint density at radius 1 is 1.19 bits per heavy atom. The molecule has 0 aliphatic heterocycles. The number of nitrogens with one attached hydrogen (secondary N) is 1. The lowest BCUT2D eigenvalue weighted by atomic mass is 10.1. The van der Waals surface area contributed by atoms with Gasteiger partial charge in [-0.25, -0.2) is 4.79 Å². The van der Waals surface area contributed by atoms with Crippen molar-refractivity contribution in [3.05, 3.63) is 58.4 Å². The lowest BCUT2D eigenvalue weighted by molar-refractivity contribution is 0.102. The molecule has 7 heteroatoms. The smallest absolute Gasteiger partial charge is 0.364 e. The molecule has 2 aromatic carbocycles. The standard InChI is InChI=1S/C20H19NO6/c1-2-3-9-26-14-6-4-5-12(10-14)19(24)21-17-18(23)15-8-7-13(22)11-16(15)27-20(17)25/h4-8,10-11,22-23H,2-3,9H2,1H3,(H,21,24). The lowest BCUT2D eigenvalue weighted by Crippen LogP contribution is -2.18. The molecule has 0 unspecified atom stereocenters. The molecule has 1 heterocycles. The van der Waals surface area contributed by atoms with Crippen LogP contribution in [-0.4, -0.2) is 22.7 Å². The van der Waals surface area contributed by atoms with Crippen LogP contribution in [0.2, 0.25) is 0 Å². The number of amides is 1. The van der Waals surface area contributed by atoms with Crippen molar-refractivity contribution in [2.45, 2.75) is 19.8 Å². The number of phenols is 1. The van der Waals surface area contributed by atoms with Crippen molar-refractivity contribution >= 4 is 22.6 Å². The van der Waals surface area contributed by atoms with Crippen LogP contribution >= 0.6 is 0 Å². The van der Waals surface area contributed by atoms with E-state index in [-0.39, 0.29) is 28.0 Å². The largest absolute Gasteiger partial charge is 0.508 e. The quantitative estimate of drug-likeness (QED) is 0.452. The average Bonchev–Trinajstić information content (AvgIpc) is 2.65. The Balaban J connectivity index is 1.87. The van der Waals surface area contributed by atoms with Crippen molar-refractivity contribution < 1.29 is 24.2 Å². The van der Waals surface area contributed by atoms with E-state index in [1.165, 1.54) is 18.2 Å². The van der Waals surface area contributed by atoms with E-state index in [1.807, 2.05) is 0 Å². The Labute approximate surface area is 154 Å². The predicted molar refractivity (Wildman–Crippen MR) is 101 cm³/mol. The molecule has 3 rings (SSSR count). The van der Waals surface area contributed by atoms with Crippen molar-refractivity contribution in [1.29, 1.82) is 0 Å². The van der Waals surface area contributed by atoms with E-state index in [9.17, 15) is 19.8 Å². The number of ether oxygens (including phenoxy) is 1. The molecule has 0 atom stereocenters. The van der Waals surface area contributed by atoms with Crippen LogP contribution in [0.25, 0.3) is 11.0 Å². The van der Waals surface area contributed by atoms with Crippen LogP contribution in [0.5, 0.6) is 17.2 Å². The summed E-state index contributed by atoms with van der Waals surface area (Å²) < 4.78 is 10.6. The SMILES string of the molecule is CCCCOc1cccc(C(=O)Nc2c(O)c3ccc(O)cc3oc2=O)c1. The minimum Gasteiger partial charge on any atom is -0.508 e. The molecule has 0 radical (unpaired) electrons. The molecule has 1 amide bonds. The molecule has 0 fully saturated rings. The van der Waals surface area contributed by atoms with Crippen LogP contribution in [0.4, 0.5) is 5.69 Å². The highest BCUT2D eigenvalue weighted by Gasteiger charge is 2.18. The topological polar surface area (TPSA) is 109 Å². The molecular weight excluding hydrogens is 350 g/mol. The number of rotatable bonds is 6. The van der Waals surface area contributed by atoms with Gasteiger partial charge in [-0.05, 0) is 36.8 Å². The molecule has 140 valence electrons. The van der Waals surface area contributed by atoms with Crippen LogP contribution < -0.4 is 15.7 Å². The summed E-state index contributed by atoms with van der Waals surface area (Å²) in [6.45, 7) is 2.60. The highest BCUT2D eigenvalue weighted by Crippen LogP contribution is 2.31. The zero-order valence-corrected chi connectivity index (χ0v) is 14.7. The Morgan fingerprint density at radius 3 is 2.78 bits per heavy atom. The van der Waals surface area contributed by atoms with E-state index in [4.69, 9.17) is 9.15 Å². The number of hydrogen-bond acceptors (Lipinski definition) is 6. The van der Waals surface area contributed by atoms with Crippen molar-refractivity contribution in [2.24, 2.45) is 0 Å². The first-order valence-corrected chi connectivity index (χ1v) is 8.52. The summed E-state index contributed by atoms with van der Waals surface area (Å²) in [6.07, 6.45) is 1.90. The van der Waals surface area contributed by atoms with Crippen LogP contribution in [0.15, 0.2) is 51.7 Å². The Morgan fingerprint density at radius 2 is 2.00 bits per heavy atom. The number of carbonyl (C=O) groups is 1. The van der Waals surface area contributed by atoms with E-state index in [0.29, 0.717) is 12.4 Å². The summed E-state index contributed by atoms with van der Waals surface area (Å²) in [5.74, 6) is -0.579. The fourth-order valence-electron chi connectivity index (χ4n) is 2.53. The molecule has 0 saturated heterocycles. The van der Waals surface area contributed by atoms with E-state index in [0.717, 1.165) is 12.8 Å². The molecule has 0 aliphatic carbocycles. The predicted octanol–water partition coefficient (Wildman–Crippen LogP) is 3.64. The zero-order valence-electron chi connectivity index (χ0n) is 14.7. The van der Waals surface area contributed by atoms with Gasteiger partial charge in [-0.15, -0.1) is 0 Å². The van der Waals surface area contributed by atoms with Gasteiger partial charge in [0.25, 0.3) is 5.91 Å². The number of fused-ring (bicyclic) bond motifs is 1. The van der Waals surface area contributed by atoms with E-state index in [2.05, 4.69) is 12.2 Å². The summed E-state index contributed by atoms with van der Waals surface area (Å²) >= 11 is 0. The number of aromatic hydroxyl groups is 2. The van der Waals surface area contributed by atoms with Gasteiger partial charge in [0.05, 0.1) is 12.0 Å². The molecule has 0 spiro atoms. The molecule has 27 heavy (non-hydrogen) atoms. The average molecular weight is 369 g/mol. The third-order valence-electron chi connectivity index (χ3n) is 3.97. The maximum absolute atomic E-state index is 12.5. The van der Waals surface area contributed by atoms with Crippen LogP contribution in [0, 0.1) is 0 Å². The summed E-state index contributed by atoms with van der Waals surface area (Å²) in [5, 5.41) is 22.4. The molecule has 0 bridgehead atoms. The first kappa shape index (κ1) is 18.3. The van der Waals surface area contributed by atoms with Crippen molar-refractivity contribution in [3.63, 3.8) is 0 Å². The van der Waals surface area contributed by atoms with E-state index < -0.39 is 17.3 Å². The molecule has 1 aromatic heterocycles. The normalized spacial score (nSPS) is 10.7. The van der Waals surface area contributed by atoms with Gasteiger partial charge in [0, 0.05) is 11.6 Å². The third-order valence-corrected chi connectivity index (χ3v) is 3.97. The summed E-state index contributed by atoms with van der Waals surface area (Å²) in [7, 11) is 0. The van der Waals surface area contributed by atoms with Gasteiger partial charge in [-0.3, -0.25) is 4.79 Å². The van der Waals surface area contributed by atoms with Gasteiger partial charge in [-0.2, -0.15) is 0 Å². The molecule has 3 N–H and O–H groups in total. The zero-order chi connectivity index (χ0) is 19.4. The van der Waals surface area contributed by atoms with Crippen LogP contribution in [0.3, 0.4) is 0 Å². The second kappa shape index (κ2) is 7.82. The van der Waals surface area contributed by atoms with Gasteiger partial charge in [0.1, 0.15) is 17.1 Å². The minimum absolute atomic E-state index is 0.0156. The van der Waals surface area contributed by atoms with Crippen molar-refractivity contribution in [1.82, 2.24) is 0 Å². The molecule has 0 saturated carbocycles. The second-order valence-corrected chi connectivity index (χ2v) is 5.98. The highest BCUT2D eigenvalue weighted by atomic mass is 16.5. The summed E-state index contributed by atoms with van der Waals surface area (Å²) in [5.41, 5.74) is -1.000. The van der Waals surface area contributed by atoms with Gasteiger partial charge in [0.2, 0.25) is 0 Å². The van der Waals surface area contributed by atoms with Crippen molar-refractivity contribution in [3.8, 4) is 17.2 Å². The molecule has 0 aliphatic rings. The maximum atomic E-state index is 12.5. The van der Waals surface area contributed by atoms with Gasteiger partial charge in [0.15, 0.2) is 11.4 Å². The Hall–Kier alpha value is -3.48. The van der Waals surface area contributed by atoms with Crippen LogP contribution in [-0.2, 0) is 0 Å². The number of unbranched alkanes of at least 4 members (excludes halogenated alkanes) is 1. The Bertz CT molecular complexity index is 1040. The molecule has 3 aromatic rings. The minimum atomic E-state index is -0.922. The number of carbonyl (C=O) groups excluding carboxylic acids is 1. The number of benzene rings is 2. The Kier molecular flexibility index (Phi) is 5.30. The third kappa shape index (κ3) is 4.03. The highest BCUT2D eigenvalue weighted by molar-refractivity contribution is 6.06.